The molecule has 1 rings (SSSR count). The number of hydrogen-bond donors (Lipinski definition) is 2. The van der Waals surface area contributed by atoms with E-state index in [0.717, 1.165) is 6.42 Å². The summed E-state index contributed by atoms with van der Waals surface area (Å²) in [6, 6.07) is 0. The minimum Gasteiger partial charge on any atom is -0.369 e. The zero-order valence-electron chi connectivity index (χ0n) is 10.1. The minimum atomic E-state index is -0.565. The highest BCUT2D eigenvalue weighted by Crippen LogP contribution is 2.16. The summed E-state index contributed by atoms with van der Waals surface area (Å²) in [4.78, 5) is 35.5. The lowest BCUT2D eigenvalue weighted by Crippen LogP contribution is -2.47. The van der Waals surface area contributed by atoms with Crippen molar-refractivity contribution in [1.82, 2.24) is 10.2 Å². The maximum absolute atomic E-state index is 11.7. The molecule has 6 heteroatoms. The Labute approximate surface area is 101 Å². The lowest BCUT2D eigenvalue weighted by molar-refractivity contribution is -0.147. The van der Waals surface area contributed by atoms with Crippen molar-refractivity contribution in [3.8, 4) is 0 Å². The monoisotopic (exact) mass is 241 g/mol. The number of piperidine rings is 1. The molecular weight excluding hydrogens is 222 g/mol. The van der Waals surface area contributed by atoms with Crippen LogP contribution in [0.25, 0.3) is 0 Å². The third kappa shape index (κ3) is 3.72. The summed E-state index contributed by atoms with van der Waals surface area (Å²) < 4.78 is 0. The second kappa shape index (κ2) is 6.22. The summed E-state index contributed by atoms with van der Waals surface area (Å²) in [5, 5.41) is 2.54. The predicted octanol–water partition coefficient (Wildman–Crippen LogP) is -0.763. The van der Waals surface area contributed by atoms with Gasteiger partial charge in [0, 0.05) is 25.6 Å². The number of likely N-dealkylation sites (tertiary alicyclic amines) is 1. The molecule has 1 fully saturated rings. The van der Waals surface area contributed by atoms with Crippen LogP contribution in [0.15, 0.2) is 0 Å². The van der Waals surface area contributed by atoms with E-state index < -0.39 is 11.8 Å². The second-order valence-electron chi connectivity index (χ2n) is 4.22. The number of hydrogen-bond acceptors (Lipinski definition) is 3. The average molecular weight is 241 g/mol. The Balaban J connectivity index is 2.40. The molecule has 17 heavy (non-hydrogen) atoms. The van der Waals surface area contributed by atoms with Gasteiger partial charge in [0.05, 0.1) is 0 Å². The van der Waals surface area contributed by atoms with Gasteiger partial charge in [0.2, 0.25) is 5.91 Å². The number of primary amides is 1. The molecule has 0 radical (unpaired) electrons. The van der Waals surface area contributed by atoms with Crippen LogP contribution in [-0.2, 0) is 14.4 Å². The van der Waals surface area contributed by atoms with Crippen LogP contribution in [0.4, 0.5) is 0 Å². The average Bonchev–Trinajstić information content (AvgIpc) is 2.35. The highest BCUT2D eigenvalue weighted by Gasteiger charge is 2.28. The van der Waals surface area contributed by atoms with E-state index in [1.807, 2.05) is 6.92 Å². The van der Waals surface area contributed by atoms with E-state index in [1.165, 1.54) is 4.90 Å². The van der Waals surface area contributed by atoms with E-state index in [1.54, 1.807) is 0 Å². The van der Waals surface area contributed by atoms with E-state index in [0.29, 0.717) is 32.5 Å². The number of nitrogens with zero attached hydrogens (tertiary/aromatic N) is 1. The fourth-order valence-electron chi connectivity index (χ4n) is 1.82. The van der Waals surface area contributed by atoms with Crippen LogP contribution in [0.3, 0.4) is 0 Å². The first-order valence-electron chi connectivity index (χ1n) is 5.92. The largest absolute Gasteiger partial charge is 0.369 e. The number of carbonyl (C=O) groups excluding carboxylic acids is 3. The minimum absolute atomic E-state index is 0.169. The summed E-state index contributed by atoms with van der Waals surface area (Å²) in [5.74, 6) is -1.57. The fourth-order valence-corrected chi connectivity index (χ4v) is 1.82. The van der Waals surface area contributed by atoms with E-state index in [2.05, 4.69) is 5.32 Å². The molecule has 3 amide bonds. The van der Waals surface area contributed by atoms with Crippen LogP contribution < -0.4 is 11.1 Å². The van der Waals surface area contributed by atoms with Crippen molar-refractivity contribution >= 4 is 17.7 Å². The topological polar surface area (TPSA) is 92.5 Å². The first-order chi connectivity index (χ1) is 8.06. The number of nitrogens with one attached hydrogen (secondary N) is 1. The van der Waals surface area contributed by atoms with Gasteiger partial charge in [-0.15, -0.1) is 0 Å². The van der Waals surface area contributed by atoms with Gasteiger partial charge in [-0.25, -0.2) is 0 Å². The van der Waals surface area contributed by atoms with Gasteiger partial charge in [-0.3, -0.25) is 14.4 Å². The van der Waals surface area contributed by atoms with Gasteiger partial charge < -0.3 is 16.0 Å². The standard InChI is InChI=1S/C11H19N3O3/c1-2-5-13-10(16)11(17)14-6-3-8(4-7-14)9(12)15/h8H,2-7H2,1H3,(H2,12,15)(H,13,16). The zero-order valence-corrected chi connectivity index (χ0v) is 10.1. The fraction of sp³-hybridized carbons (Fsp3) is 0.727. The van der Waals surface area contributed by atoms with Crippen LogP contribution in [0.1, 0.15) is 26.2 Å². The molecule has 0 bridgehead atoms. The lowest BCUT2D eigenvalue weighted by atomic mass is 9.96. The molecule has 0 saturated carbocycles. The summed E-state index contributed by atoms with van der Waals surface area (Å²) in [7, 11) is 0. The SMILES string of the molecule is CCCNC(=O)C(=O)N1CCC(C(N)=O)CC1. The molecule has 3 N–H and O–H groups in total. The molecule has 96 valence electrons. The van der Waals surface area contributed by atoms with Crippen molar-refractivity contribution in [2.24, 2.45) is 11.7 Å². The number of amides is 3. The molecule has 6 nitrogen and oxygen atoms in total. The predicted molar refractivity (Wildman–Crippen MR) is 61.8 cm³/mol. The summed E-state index contributed by atoms with van der Waals surface area (Å²) in [5.41, 5.74) is 5.19. The van der Waals surface area contributed by atoms with Gasteiger partial charge in [-0.2, -0.15) is 0 Å². The van der Waals surface area contributed by atoms with E-state index >= 15 is 0 Å². The molecule has 0 aromatic heterocycles. The maximum atomic E-state index is 11.7. The molecule has 1 heterocycles. The van der Waals surface area contributed by atoms with Crippen molar-refractivity contribution < 1.29 is 14.4 Å². The third-order valence-electron chi connectivity index (χ3n) is 2.91. The Morgan fingerprint density at radius 2 is 1.88 bits per heavy atom. The third-order valence-corrected chi connectivity index (χ3v) is 2.91. The first kappa shape index (κ1) is 13.5. The van der Waals surface area contributed by atoms with Crippen molar-refractivity contribution in [3.63, 3.8) is 0 Å². The molecule has 1 aliphatic rings. The van der Waals surface area contributed by atoms with Gasteiger partial charge >= 0.3 is 11.8 Å². The molecule has 0 aromatic carbocycles. The van der Waals surface area contributed by atoms with Crippen LogP contribution in [-0.4, -0.2) is 42.3 Å². The Kier molecular flexibility index (Phi) is 4.93. The number of carbonyl (C=O) groups is 3. The summed E-state index contributed by atoms with van der Waals surface area (Å²) in [6.07, 6.45) is 1.88. The highest BCUT2D eigenvalue weighted by atomic mass is 16.2. The molecule has 0 aromatic rings. The van der Waals surface area contributed by atoms with E-state index in [-0.39, 0.29) is 11.8 Å². The lowest BCUT2D eigenvalue weighted by Gasteiger charge is -2.29. The second-order valence-corrected chi connectivity index (χ2v) is 4.22. The zero-order chi connectivity index (χ0) is 12.8. The molecule has 0 aliphatic carbocycles. The van der Waals surface area contributed by atoms with Crippen molar-refractivity contribution in [2.75, 3.05) is 19.6 Å². The van der Waals surface area contributed by atoms with Crippen LogP contribution in [0.5, 0.6) is 0 Å². The molecular formula is C11H19N3O3. The van der Waals surface area contributed by atoms with Gasteiger partial charge in [0.1, 0.15) is 0 Å². The van der Waals surface area contributed by atoms with Gasteiger partial charge in [0.25, 0.3) is 0 Å². The van der Waals surface area contributed by atoms with Crippen LogP contribution in [0.2, 0.25) is 0 Å². The molecule has 1 saturated heterocycles. The Morgan fingerprint density at radius 1 is 1.29 bits per heavy atom. The van der Waals surface area contributed by atoms with E-state index in [4.69, 9.17) is 5.73 Å². The quantitative estimate of drug-likeness (QED) is 0.636. The van der Waals surface area contributed by atoms with Crippen molar-refractivity contribution in [3.05, 3.63) is 0 Å². The Bertz CT molecular complexity index is 309. The van der Waals surface area contributed by atoms with Crippen LogP contribution >= 0.6 is 0 Å². The number of nitrogens with two attached hydrogens (primary N) is 1. The Morgan fingerprint density at radius 3 is 2.35 bits per heavy atom. The van der Waals surface area contributed by atoms with Gasteiger partial charge in [-0.1, -0.05) is 6.92 Å². The molecule has 0 spiro atoms. The smallest absolute Gasteiger partial charge is 0.311 e. The normalized spacial score (nSPS) is 16.6. The van der Waals surface area contributed by atoms with Crippen molar-refractivity contribution in [2.45, 2.75) is 26.2 Å². The molecule has 1 aliphatic heterocycles. The summed E-state index contributed by atoms with van der Waals surface area (Å²) in [6.45, 7) is 3.27. The van der Waals surface area contributed by atoms with Crippen molar-refractivity contribution in [1.29, 1.82) is 0 Å². The highest BCUT2D eigenvalue weighted by molar-refractivity contribution is 6.35. The van der Waals surface area contributed by atoms with Gasteiger partial charge in [-0.05, 0) is 19.3 Å². The Hall–Kier alpha value is -1.59. The first-order valence-corrected chi connectivity index (χ1v) is 5.92. The molecule has 0 unspecified atom stereocenters. The van der Waals surface area contributed by atoms with E-state index in [9.17, 15) is 14.4 Å². The summed E-state index contributed by atoms with van der Waals surface area (Å²) >= 11 is 0. The number of rotatable bonds is 3. The maximum Gasteiger partial charge on any atom is 0.311 e. The van der Waals surface area contributed by atoms with Crippen LogP contribution in [0, 0.1) is 5.92 Å². The van der Waals surface area contributed by atoms with Gasteiger partial charge in [0.15, 0.2) is 0 Å². The molecule has 0 atom stereocenters.